The van der Waals surface area contributed by atoms with Crippen LogP contribution in [0, 0.1) is 0 Å². The molecule has 0 saturated carbocycles. The maximum Gasteiger partial charge on any atom is 0.182 e. The van der Waals surface area contributed by atoms with Gasteiger partial charge >= 0.3 is 0 Å². The highest BCUT2D eigenvalue weighted by Crippen LogP contribution is 2.19. The summed E-state index contributed by atoms with van der Waals surface area (Å²) in [7, 11) is 0. The van der Waals surface area contributed by atoms with Gasteiger partial charge in [0, 0.05) is 31.1 Å². The second kappa shape index (κ2) is 5.14. The van der Waals surface area contributed by atoms with Crippen molar-refractivity contribution < 1.29 is 4.79 Å². The predicted molar refractivity (Wildman–Crippen MR) is 77.0 cm³/mol. The summed E-state index contributed by atoms with van der Waals surface area (Å²) in [6.45, 7) is 2.19. The molecule has 3 rings (SSSR count). The number of Topliss-reactive ketones (excluding diaryl/α,β-unsaturated/α-hetero) is 1. The Morgan fingerprint density at radius 2 is 2.00 bits per heavy atom. The first-order valence-electron chi connectivity index (χ1n) is 6.50. The average Bonchev–Trinajstić information content (AvgIpc) is 2.47. The van der Waals surface area contributed by atoms with Gasteiger partial charge in [0.1, 0.15) is 0 Å². The molecular weight excluding hydrogens is 236 g/mol. The normalized spacial score (nSPS) is 14.4. The second-order valence-corrected chi connectivity index (χ2v) is 4.69. The SMILES string of the molecule is O=C(CN1C=CNCC1)c1cccc2ccccc12. The number of hydrogen-bond donors (Lipinski definition) is 1. The Labute approximate surface area is 112 Å². The number of nitrogens with zero attached hydrogens (tertiary/aromatic N) is 1. The van der Waals surface area contributed by atoms with Gasteiger partial charge in [-0.15, -0.1) is 0 Å². The van der Waals surface area contributed by atoms with Crippen LogP contribution in [-0.2, 0) is 0 Å². The summed E-state index contributed by atoms with van der Waals surface area (Å²) < 4.78 is 0. The highest BCUT2D eigenvalue weighted by Gasteiger charge is 2.13. The largest absolute Gasteiger partial charge is 0.388 e. The lowest BCUT2D eigenvalue weighted by Crippen LogP contribution is -2.34. The van der Waals surface area contributed by atoms with Crippen molar-refractivity contribution in [3.8, 4) is 0 Å². The summed E-state index contributed by atoms with van der Waals surface area (Å²) in [4.78, 5) is 14.5. The summed E-state index contributed by atoms with van der Waals surface area (Å²) in [6, 6.07) is 13.9. The topological polar surface area (TPSA) is 32.3 Å². The minimum Gasteiger partial charge on any atom is -0.388 e. The Bertz CT molecular complexity index is 628. The molecule has 0 aromatic heterocycles. The van der Waals surface area contributed by atoms with E-state index in [9.17, 15) is 4.79 Å². The van der Waals surface area contributed by atoms with Gasteiger partial charge in [-0.05, 0) is 10.8 Å². The van der Waals surface area contributed by atoms with Crippen LogP contribution in [0.3, 0.4) is 0 Å². The standard InChI is InChI=1S/C16H16N2O/c19-16(12-18-10-8-17-9-11-18)15-7-3-5-13-4-1-2-6-14(13)15/h1-8,10,17H,9,11-12H2. The number of fused-ring (bicyclic) bond motifs is 1. The summed E-state index contributed by atoms with van der Waals surface area (Å²) in [5, 5.41) is 5.28. The molecule has 3 heteroatoms. The molecule has 1 heterocycles. The molecule has 0 amide bonds. The van der Waals surface area contributed by atoms with E-state index in [2.05, 4.69) is 5.32 Å². The Morgan fingerprint density at radius 1 is 1.16 bits per heavy atom. The third-order valence-corrected chi connectivity index (χ3v) is 3.38. The monoisotopic (exact) mass is 252 g/mol. The van der Waals surface area contributed by atoms with Crippen LogP contribution >= 0.6 is 0 Å². The van der Waals surface area contributed by atoms with Gasteiger partial charge < -0.3 is 10.2 Å². The van der Waals surface area contributed by atoms with E-state index in [1.54, 1.807) is 0 Å². The zero-order valence-electron chi connectivity index (χ0n) is 10.7. The van der Waals surface area contributed by atoms with Gasteiger partial charge in [-0.25, -0.2) is 0 Å². The fourth-order valence-corrected chi connectivity index (χ4v) is 2.39. The van der Waals surface area contributed by atoms with E-state index in [4.69, 9.17) is 0 Å². The van der Waals surface area contributed by atoms with Crippen molar-refractivity contribution in [2.75, 3.05) is 19.6 Å². The molecule has 3 nitrogen and oxygen atoms in total. The molecule has 0 spiro atoms. The molecule has 2 aromatic rings. The Morgan fingerprint density at radius 3 is 2.84 bits per heavy atom. The van der Waals surface area contributed by atoms with Crippen molar-refractivity contribution in [1.29, 1.82) is 0 Å². The fraction of sp³-hybridized carbons (Fsp3) is 0.188. The molecule has 0 radical (unpaired) electrons. The summed E-state index contributed by atoms with van der Waals surface area (Å²) in [5.41, 5.74) is 0.810. The maximum atomic E-state index is 12.4. The molecule has 2 aromatic carbocycles. The number of ketones is 1. The fourth-order valence-electron chi connectivity index (χ4n) is 2.39. The predicted octanol–water partition coefficient (Wildman–Crippen LogP) is 2.40. The molecule has 19 heavy (non-hydrogen) atoms. The molecule has 1 aliphatic rings. The molecule has 1 aliphatic heterocycles. The van der Waals surface area contributed by atoms with E-state index in [1.807, 2.05) is 59.8 Å². The van der Waals surface area contributed by atoms with E-state index in [0.717, 1.165) is 29.4 Å². The Kier molecular flexibility index (Phi) is 3.19. The lowest BCUT2D eigenvalue weighted by atomic mass is 10.0. The van der Waals surface area contributed by atoms with Crippen LogP contribution in [0.1, 0.15) is 10.4 Å². The van der Waals surface area contributed by atoms with Crippen molar-refractivity contribution in [2.45, 2.75) is 0 Å². The minimum atomic E-state index is 0.170. The molecular formula is C16H16N2O. The van der Waals surface area contributed by atoms with Gasteiger partial charge in [-0.1, -0.05) is 42.5 Å². The second-order valence-electron chi connectivity index (χ2n) is 4.69. The Hall–Kier alpha value is -2.29. The Balaban J connectivity index is 1.89. The van der Waals surface area contributed by atoms with Crippen molar-refractivity contribution in [3.63, 3.8) is 0 Å². The summed E-state index contributed by atoms with van der Waals surface area (Å²) in [6.07, 6.45) is 3.83. The van der Waals surface area contributed by atoms with Crippen LogP contribution in [0.5, 0.6) is 0 Å². The molecule has 0 bridgehead atoms. The van der Waals surface area contributed by atoms with E-state index in [1.165, 1.54) is 0 Å². The number of carbonyl (C=O) groups excluding carboxylic acids is 1. The van der Waals surface area contributed by atoms with Crippen LogP contribution in [0.15, 0.2) is 54.9 Å². The highest BCUT2D eigenvalue weighted by atomic mass is 16.1. The van der Waals surface area contributed by atoms with Crippen LogP contribution in [0.25, 0.3) is 10.8 Å². The first kappa shape index (κ1) is 11.8. The first-order valence-corrected chi connectivity index (χ1v) is 6.50. The van der Waals surface area contributed by atoms with Crippen molar-refractivity contribution in [3.05, 3.63) is 60.4 Å². The van der Waals surface area contributed by atoms with Crippen LogP contribution < -0.4 is 5.32 Å². The zero-order valence-corrected chi connectivity index (χ0v) is 10.7. The number of rotatable bonds is 3. The molecule has 0 unspecified atom stereocenters. The third-order valence-electron chi connectivity index (χ3n) is 3.38. The van der Waals surface area contributed by atoms with Crippen LogP contribution in [0.4, 0.5) is 0 Å². The quantitative estimate of drug-likeness (QED) is 0.851. The minimum absolute atomic E-state index is 0.170. The van der Waals surface area contributed by atoms with Gasteiger partial charge in [-0.3, -0.25) is 4.79 Å². The van der Waals surface area contributed by atoms with Gasteiger partial charge in [0.25, 0.3) is 0 Å². The van der Waals surface area contributed by atoms with Gasteiger partial charge in [-0.2, -0.15) is 0 Å². The number of hydrogen-bond acceptors (Lipinski definition) is 3. The van der Waals surface area contributed by atoms with Gasteiger partial charge in [0.05, 0.1) is 6.54 Å². The van der Waals surface area contributed by atoms with Crippen molar-refractivity contribution in [2.24, 2.45) is 0 Å². The van der Waals surface area contributed by atoms with E-state index in [0.29, 0.717) is 6.54 Å². The highest BCUT2D eigenvalue weighted by molar-refractivity contribution is 6.09. The van der Waals surface area contributed by atoms with Crippen molar-refractivity contribution in [1.82, 2.24) is 10.2 Å². The number of carbonyl (C=O) groups is 1. The molecule has 1 N–H and O–H groups in total. The molecule has 0 atom stereocenters. The lowest BCUT2D eigenvalue weighted by molar-refractivity contribution is 0.0955. The molecule has 0 aliphatic carbocycles. The lowest BCUT2D eigenvalue weighted by Gasteiger charge is -2.23. The molecule has 0 fully saturated rings. The average molecular weight is 252 g/mol. The molecule has 96 valence electrons. The van der Waals surface area contributed by atoms with Crippen molar-refractivity contribution >= 4 is 16.6 Å². The summed E-state index contributed by atoms with van der Waals surface area (Å²) >= 11 is 0. The maximum absolute atomic E-state index is 12.4. The zero-order chi connectivity index (χ0) is 13.1. The third kappa shape index (κ3) is 2.45. The van der Waals surface area contributed by atoms with Gasteiger partial charge in [0.2, 0.25) is 0 Å². The van der Waals surface area contributed by atoms with E-state index >= 15 is 0 Å². The first-order chi connectivity index (χ1) is 9.34. The summed E-state index contributed by atoms with van der Waals surface area (Å²) in [5.74, 6) is 0.170. The number of nitrogens with one attached hydrogen (secondary N) is 1. The van der Waals surface area contributed by atoms with Crippen LogP contribution in [0.2, 0.25) is 0 Å². The van der Waals surface area contributed by atoms with E-state index < -0.39 is 0 Å². The van der Waals surface area contributed by atoms with E-state index in [-0.39, 0.29) is 5.78 Å². The van der Waals surface area contributed by atoms with Crippen LogP contribution in [-0.4, -0.2) is 30.3 Å². The molecule has 0 saturated heterocycles. The smallest absolute Gasteiger partial charge is 0.182 e. The van der Waals surface area contributed by atoms with Gasteiger partial charge in [0.15, 0.2) is 5.78 Å². The number of benzene rings is 2.